The fraction of sp³-hybridized carbons (Fsp3) is 0. The molecule has 3 nitrogen and oxygen atoms in total. The molecule has 0 radical (unpaired) electrons. The molecule has 60 valence electrons. The van der Waals surface area contributed by atoms with Gasteiger partial charge in [-0.2, -0.15) is 5.10 Å². The van der Waals surface area contributed by atoms with E-state index in [0.29, 0.717) is 0 Å². The summed E-state index contributed by atoms with van der Waals surface area (Å²) in [5, 5.41) is 4.16. The van der Waals surface area contributed by atoms with E-state index in [-0.39, 0.29) is 0 Å². The van der Waals surface area contributed by atoms with E-state index < -0.39 is 0 Å². The van der Waals surface area contributed by atoms with Crippen LogP contribution < -0.4 is 0 Å². The van der Waals surface area contributed by atoms with Gasteiger partial charge < -0.3 is 0 Å². The Hall–Kier alpha value is -0.910. The Morgan fingerprint density at radius 1 is 1.33 bits per heavy atom. The molecule has 0 fully saturated rings. The minimum Gasteiger partial charge on any atom is -0.262 e. The number of nitrogens with zero attached hydrogens (tertiary/aromatic N) is 3. The van der Waals surface area contributed by atoms with Crippen LogP contribution in [0.1, 0.15) is 0 Å². The third-order valence-corrected chi connectivity index (χ3v) is 2.02. The monoisotopic (exact) mass is 271 g/mol. The fourth-order valence-corrected chi connectivity index (χ4v) is 1.32. The Kier molecular flexibility index (Phi) is 2.07. The van der Waals surface area contributed by atoms with Gasteiger partial charge in [-0.3, -0.25) is 4.98 Å². The van der Waals surface area contributed by atoms with Crippen LogP contribution in [0.4, 0.5) is 0 Å². The Morgan fingerprint density at radius 2 is 2.25 bits per heavy atom. The summed E-state index contributed by atoms with van der Waals surface area (Å²) in [6, 6.07) is 3.86. The van der Waals surface area contributed by atoms with E-state index in [4.69, 9.17) is 0 Å². The number of halogens is 1. The molecular formula is C8H6IN3. The molecule has 0 aliphatic rings. The van der Waals surface area contributed by atoms with Crippen LogP contribution in [-0.2, 0) is 0 Å². The quantitative estimate of drug-likeness (QED) is 0.741. The molecule has 2 aromatic rings. The third-order valence-electron chi connectivity index (χ3n) is 1.46. The summed E-state index contributed by atoms with van der Waals surface area (Å²) in [4.78, 5) is 4.01. The number of rotatable bonds is 1. The average Bonchev–Trinajstić information content (AvgIpc) is 2.54. The maximum Gasteiger partial charge on any atom is 0.0829 e. The molecule has 0 aliphatic carbocycles. The molecule has 0 amide bonds. The molecule has 2 aromatic heterocycles. The molecule has 0 spiro atoms. The summed E-state index contributed by atoms with van der Waals surface area (Å²) in [5.41, 5.74) is 0.986. The molecule has 0 aliphatic heterocycles. The number of aromatic nitrogens is 3. The van der Waals surface area contributed by atoms with Crippen molar-refractivity contribution in [1.82, 2.24) is 14.8 Å². The Balaban J connectivity index is 2.45. The lowest BCUT2D eigenvalue weighted by atomic mass is 10.4. The van der Waals surface area contributed by atoms with Gasteiger partial charge in [0.1, 0.15) is 0 Å². The highest BCUT2D eigenvalue weighted by Crippen LogP contribution is 2.07. The zero-order valence-corrected chi connectivity index (χ0v) is 8.34. The second kappa shape index (κ2) is 3.22. The van der Waals surface area contributed by atoms with Crippen LogP contribution in [-0.4, -0.2) is 14.8 Å². The standard InChI is InChI=1S/C8H6IN3/c9-7-4-11-12(6-7)8-2-1-3-10-5-8/h1-6H. The van der Waals surface area contributed by atoms with Gasteiger partial charge in [0.15, 0.2) is 0 Å². The molecule has 0 saturated carbocycles. The lowest BCUT2D eigenvalue weighted by Gasteiger charge is -1.97. The van der Waals surface area contributed by atoms with Crippen molar-refractivity contribution in [1.29, 1.82) is 0 Å². The van der Waals surface area contributed by atoms with Crippen molar-refractivity contribution in [3.8, 4) is 5.69 Å². The second-order valence-electron chi connectivity index (χ2n) is 2.31. The van der Waals surface area contributed by atoms with Gasteiger partial charge in [-0.05, 0) is 34.7 Å². The Labute approximate surface area is 83.6 Å². The summed E-state index contributed by atoms with van der Waals surface area (Å²) in [7, 11) is 0. The fourth-order valence-electron chi connectivity index (χ4n) is 0.931. The van der Waals surface area contributed by atoms with Crippen molar-refractivity contribution in [3.63, 3.8) is 0 Å². The van der Waals surface area contributed by atoms with E-state index in [2.05, 4.69) is 32.7 Å². The first-order valence-electron chi connectivity index (χ1n) is 3.47. The van der Waals surface area contributed by atoms with Crippen LogP contribution in [0, 0.1) is 3.57 Å². The van der Waals surface area contributed by atoms with Crippen molar-refractivity contribution in [2.75, 3.05) is 0 Å². The summed E-state index contributed by atoms with van der Waals surface area (Å²) in [6.07, 6.45) is 7.30. The molecule has 4 heteroatoms. The molecule has 0 bridgehead atoms. The third kappa shape index (κ3) is 1.47. The van der Waals surface area contributed by atoms with Crippen LogP contribution in [0.15, 0.2) is 36.9 Å². The van der Waals surface area contributed by atoms with Crippen molar-refractivity contribution < 1.29 is 0 Å². The summed E-state index contributed by atoms with van der Waals surface area (Å²) in [5.74, 6) is 0. The summed E-state index contributed by atoms with van der Waals surface area (Å²) < 4.78 is 2.92. The van der Waals surface area contributed by atoms with E-state index in [9.17, 15) is 0 Å². The molecule has 0 aromatic carbocycles. The topological polar surface area (TPSA) is 30.7 Å². The number of hydrogen-bond donors (Lipinski definition) is 0. The molecule has 2 heterocycles. The largest absolute Gasteiger partial charge is 0.262 e. The molecule has 0 N–H and O–H groups in total. The lowest BCUT2D eigenvalue weighted by Crippen LogP contribution is -1.93. The zero-order valence-electron chi connectivity index (χ0n) is 6.18. The van der Waals surface area contributed by atoms with Gasteiger partial charge in [-0.1, -0.05) is 0 Å². The lowest BCUT2D eigenvalue weighted by molar-refractivity contribution is 0.874. The SMILES string of the molecule is Ic1cnn(-c2cccnc2)c1. The van der Waals surface area contributed by atoms with Gasteiger partial charge in [0.05, 0.1) is 21.7 Å². The Morgan fingerprint density at radius 3 is 2.83 bits per heavy atom. The first-order valence-corrected chi connectivity index (χ1v) is 4.55. The molecular weight excluding hydrogens is 265 g/mol. The molecule has 0 atom stereocenters. The van der Waals surface area contributed by atoms with Gasteiger partial charge in [0.25, 0.3) is 0 Å². The van der Waals surface area contributed by atoms with Gasteiger partial charge >= 0.3 is 0 Å². The minimum absolute atomic E-state index is 0.986. The number of hydrogen-bond acceptors (Lipinski definition) is 2. The molecule has 0 saturated heterocycles. The van der Waals surface area contributed by atoms with Crippen molar-refractivity contribution in [3.05, 3.63) is 40.5 Å². The van der Waals surface area contributed by atoms with Gasteiger partial charge in [-0.15, -0.1) is 0 Å². The smallest absolute Gasteiger partial charge is 0.0829 e. The summed E-state index contributed by atoms with van der Waals surface area (Å²) in [6.45, 7) is 0. The predicted molar refractivity (Wildman–Crippen MR) is 54.1 cm³/mol. The molecule has 2 rings (SSSR count). The maximum atomic E-state index is 4.16. The van der Waals surface area contributed by atoms with E-state index in [1.807, 2.05) is 24.5 Å². The van der Waals surface area contributed by atoms with Crippen molar-refractivity contribution >= 4 is 22.6 Å². The normalized spacial score (nSPS) is 10.1. The highest BCUT2D eigenvalue weighted by atomic mass is 127. The van der Waals surface area contributed by atoms with E-state index in [1.165, 1.54) is 0 Å². The minimum atomic E-state index is 0.986. The van der Waals surface area contributed by atoms with E-state index in [0.717, 1.165) is 9.26 Å². The molecule has 0 unspecified atom stereocenters. The van der Waals surface area contributed by atoms with E-state index >= 15 is 0 Å². The first kappa shape index (κ1) is 7.72. The average molecular weight is 271 g/mol. The van der Waals surface area contributed by atoms with Crippen molar-refractivity contribution in [2.24, 2.45) is 0 Å². The van der Waals surface area contributed by atoms with Gasteiger partial charge in [0.2, 0.25) is 0 Å². The van der Waals surface area contributed by atoms with Gasteiger partial charge in [-0.25, -0.2) is 4.68 Å². The second-order valence-corrected chi connectivity index (χ2v) is 3.56. The van der Waals surface area contributed by atoms with Crippen LogP contribution in [0.25, 0.3) is 5.69 Å². The van der Waals surface area contributed by atoms with Crippen LogP contribution in [0.5, 0.6) is 0 Å². The predicted octanol–water partition coefficient (Wildman–Crippen LogP) is 1.87. The van der Waals surface area contributed by atoms with Crippen LogP contribution in [0.2, 0.25) is 0 Å². The Bertz CT molecular complexity index is 369. The summed E-state index contributed by atoms with van der Waals surface area (Å²) >= 11 is 2.22. The van der Waals surface area contributed by atoms with Gasteiger partial charge in [0, 0.05) is 12.4 Å². The highest BCUT2D eigenvalue weighted by Gasteiger charge is 1.96. The van der Waals surface area contributed by atoms with Crippen LogP contribution in [0.3, 0.4) is 0 Å². The van der Waals surface area contributed by atoms with Crippen LogP contribution >= 0.6 is 22.6 Å². The molecule has 12 heavy (non-hydrogen) atoms. The maximum absolute atomic E-state index is 4.16. The first-order chi connectivity index (χ1) is 5.86. The zero-order chi connectivity index (χ0) is 8.39. The van der Waals surface area contributed by atoms with Crippen molar-refractivity contribution in [2.45, 2.75) is 0 Å². The highest BCUT2D eigenvalue weighted by molar-refractivity contribution is 14.1. The number of pyridine rings is 1. The van der Waals surface area contributed by atoms with E-state index in [1.54, 1.807) is 17.1 Å².